The summed E-state index contributed by atoms with van der Waals surface area (Å²) < 4.78 is 19.8. The maximum atomic E-state index is 15.0. The van der Waals surface area contributed by atoms with Gasteiger partial charge in [-0.05, 0) is 20.3 Å². The zero-order valence-electron chi connectivity index (χ0n) is 18.9. The van der Waals surface area contributed by atoms with Crippen molar-refractivity contribution in [2.45, 2.75) is 32.5 Å². The number of benzene rings is 1. The summed E-state index contributed by atoms with van der Waals surface area (Å²) in [5.41, 5.74) is 10.6. The molecule has 10 nitrogen and oxygen atoms in total. The Kier molecular flexibility index (Phi) is 7.77. The van der Waals surface area contributed by atoms with E-state index in [-0.39, 0.29) is 12.2 Å². The predicted molar refractivity (Wildman–Crippen MR) is 123 cm³/mol. The first-order valence-electron chi connectivity index (χ1n) is 10.7. The van der Waals surface area contributed by atoms with Crippen molar-refractivity contribution in [1.29, 1.82) is 0 Å². The van der Waals surface area contributed by atoms with Crippen molar-refractivity contribution in [2.24, 2.45) is 16.5 Å². The fourth-order valence-corrected chi connectivity index (χ4v) is 3.42. The standard InChI is InChI=1S/C22H30FN7O3/c1-22(2,32)6-7-29-8-10-30(11-9-29)20-26-12-16(13-27-20)17-5-3-4-15(18(17)23)14-33-21(31)28-19(24)25/h3-5,12-13,32H,6-11,14H2,1-2H3,(H4,24,25,28,31). The third-order valence-corrected chi connectivity index (χ3v) is 5.29. The summed E-state index contributed by atoms with van der Waals surface area (Å²) in [6.07, 6.45) is 2.89. The molecule has 0 aliphatic carbocycles. The van der Waals surface area contributed by atoms with E-state index in [9.17, 15) is 14.3 Å². The Balaban J connectivity index is 1.61. The number of halogens is 1. The van der Waals surface area contributed by atoms with E-state index < -0.39 is 23.5 Å². The quantitative estimate of drug-likeness (QED) is 0.414. The van der Waals surface area contributed by atoms with E-state index >= 15 is 0 Å². The highest BCUT2D eigenvalue weighted by Gasteiger charge is 2.21. The number of aliphatic hydroxyl groups is 1. The Bertz CT molecular complexity index is 980. The molecule has 1 fully saturated rings. The average Bonchev–Trinajstić information content (AvgIpc) is 2.77. The number of ether oxygens (including phenoxy) is 1. The summed E-state index contributed by atoms with van der Waals surface area (Å²) in [7, 11) is 0. The van der Waals surface area contributed by atoms with Gasteiger partial charge in [0.1, 0.15) is 12.4 Å². The zero-order chi connectivity index (χ0) is 24.0. The highest BCUT2D eigenvalue weighted by Crippen LogP contribution is 2.25. The third kappa shape index (κ3) is 7.09. The normalized spacial score (nSPS) is 14.7. The summed E-state index contributed by atoms with van der Waals surface area (Å²) in [6.45, 7) is 7.42. The number of amides is 1. The first-order valence-corrected chi connectivity index (χ1v) is 10.7. The highest BCUT2D eigenvalue weighted by atomic mass is 19.1. The van der Waals surface area contributed by atoms with Gasteiger partial charge in [-0.3, -0.25) is 4.90 Å². The SMILES string of the molecule is CC(C)(O)CCN1CCN(c2ncc(-c3cccc(COC(=O)N=C(N)N)c3F)cn2)CC1. The second-order valence-electron chi connectivity index (χ2n) is 8.53. The van der Waals surface area contributed by atoms with Gasteiger partial charge in [0.15, 0.2) is 5.96 Å². The van der Waals surface area contributed by atoms with E-state index in [1.165, 1.54) is 6.07 Å². The van der Waals surface area contributed by atoms with Gasteiger partial charge in [0.2, 0.25) is 5.95 Å². The summed E-state index contributed by atoms with van der Waals surface area (Å²) in [4.78, 5) is 27.9. The van der Waals surface area contributed by atoms with Crippen LogP contribution in [0.1, 0.15) is 25.8 Å². The first-order chi connectivity index (χ1) is 15.6. The van der Waals surface area contributed by atoms with Crippen LogP contribution in [0.3, 0.4) is 0 Å². The summed E-state index contributed by atoms with van der Waals surface area (Å²) in [5, 5.41) is 9.90. The maximum absolute atomic E-state index is 15.0. The number of rotatable bonds is 7. The number of piperazine rings is 1. The van der Waals surface area contributed by atoms with Crippen LogP contribution in [0.2, 0.25) is 0 Å². The van der Waals surface area contributed by atoms with Crippen LogP contribution in [-0.2, 0) is 11.3 Å². The average molecular weight is 460 g/mol. The Labute approximate surface area is 192 Å². The van der Waals surface area contributed by atoms with Gasteiger partial charge in [0, 0.05) is 61.8 Å². The maximum Gasteiger partial charge on any atom is 0.437 e. The zero-order valence-corrected chi connectivity index (χ0v) is 18.9. The molecule has 0 bridgehead atoms. The Morgan fingerprint density at radius 2 is 1.88 bits per heavy atom. The molecule has 3 rings (SSSR count). The van der Waals surface area contributed by atoms with Crippen LogP contribution >= 0.6 is 0 Å². The number of aliphatic imine (C=N–C) groups is 1. The lowest BCUT2D eigenvalue weighted by Crippen LogP contribution is -2.48. The second kappa shape index (κ2) is 10.5. The molecule has 11 heteroatoms. The third-order valence-electron chi connectivity index (χ3n) is 5.29. The van der Waals surface area contributed by atoms with Crippen molar-refractivity contribution in [3.8, 4) is 11.1 Å². The van der Waals surface area contributed by atoms with Crippen LogP contribution in [0.4, 0.5) is 15.1 Å². The molecule has 0 radical (unpaired) electrons. The fourth-order valence-electron chi connectivity index (χ4n) is 3.42. The van der Waals surface area contributed by atoms with E-state index in [0.717, 1.165) is 39.1 Å². The largest absolute Gasteiger partial charge is 0.443 e. The molecule has 1 aromatic heterocycles. The molecule has 1 amide bonds. The lowest BCUT2D eigenvalue weighted by atomic mass is 10.1. The molecule has 0 unspecified atom stereocenters. The number of aromatic nitrogens is 2. The van der Waals surface area contributed by atoms with Crippen molar-refractivity contribution in [2.75, 3.05) is 37.6 Å². The van der Waals surface area contributed by atoms with Gasteiger partial charge in [-0.2, -0.15) is 0 Å². The van der Waals surface area contributed by atoms with Crippen molar-refractivity contribution in [1.82, 2.24) is 14.9 Å². The van der Waals surface area contributed by atoms with Crippen LogP contribution in [-0.4, -0.2) is 70.4 Å². The molecule has 33 heavy (non-hydrogen) atoms. The van der Waals surface area contributed by atoms with Crippen molar-refractivity contribution in [3.05, 3.63) is 42.0 Å². The van der Waals surface area contributed by atoms with E-state index in [0.29, 0.717) is 17.1 Å². The van der Waals surface area contributed by atoms with Gasteiger partial charge >= 0.3 is 6.09 Å². The summed E-state index contributed by atoms with van der Waals surface area (Å²) in [5.74, 6) is -0.377. The van der Waals surface area contributed by atoms with E-state index in [4.69, 9.17) is 16.2 Å². The molecule has 0 spiro atoms. The number of anilines is 1. The molecule has 5 N–H and O–H groups in total. The molecule has 178 valence electrons. The van der Waals surface area contributed by atoms with Crippen molar-refractivity contribution in [3.63, 3.8) is 0 Å². The number of carbonyl (C=O) groups is 1. The van der Waals surface area contributed by atoms with Gasteiger partial charge in [0.05, 0.1) is 5.60 Å². The van der Waals surface area contributed by atoms with Gasteiger partial charge in [0.25, 0.3) is 0 Å². The Hall–Kier alpha value is -3.31. The summed E-state index contributed by atoms with van der Waals surface area (Å²) in [6, 6.07) is 4.77. The Morgan fingerprint density at radius 1 is 1.21 bits per heavy atom. The van der Waals surface area contributed by atoms with Crippen molar-refractivity contribution >= 4 is 18.0 Å². The molecular weight excluding hydrogens is 429 g/mol. The van der Waals surface area contributed by atoms with Crippen LogP contribution in [0.15, 0.2) is 35.6 Å². The predicted octanol–water partition coefficient (Wildman–Crippen LogP) is 1.48. The van der Waals surface area contributed by atoms with Crippen LogP contribution in [0, 0.1) is 5.82 Å². The summed E-state index contributed by atoms with van der Waals surface area (Å²) >= 11 is 0. The van der Waals surface area contributed by atoms with E-state index in [2.05, 4.69) is 24.8 Å². The monoisotopic (exact) mass is 459 g/mol. The molecule has 1 saturated heterocycles. The molecular formula is C22H30FN7O3. The molecule has 1 aromatic carbocycles. The number of carbonyl (C=O) groups excluding carboxylic acids is 1. The molecule has 0 atom stereocenters. The van der Waals surface area contributed by atoms with Gasteiger partial charge < -0.3 is 26.2 Å². The molecule has 2 aromatic rings. The molecule has 2 heterocycles. The highest BCUT2D eigenvalue weighted by molar-refractivity contribution is 5.87. The van der Waals surface area contributed by atoms with Gasteiger partial charge in [-0.15, -0.1) is 4.99 Å². The molecule has 1 aliphatic rings. The molecule has 1 aliphatic heterocycles. The number of guanidine groups is 1. The smallest absolute Gasteiger partial charge is 0.437 e. The first kappa shape index (κ1) is 24.3. The minimum Gasteiger partial charge on any atom is -0.443 e. The van der Waals surface area contributed by atoms with Crippen LogP contribution in [0.5, 0.6) is 0 Å². The van der Waals surface area contributed by atoms with E-state index in [1.54, 1.807) is 24.5 Å². The van der Waals surface area contributed by atoms with Gasteiger partial charge in [-0.1, -0.05) is 18.2 Å². The topological polar surface area (TPSA) is 143 Å². The fraction of sp³-hybridized carbons (Fsp3) is 0.455. The second-order valence-corrected chi connectivity index (χ2v) is 8.53. The number of hydrogen-bond donors (Lipinski definition) is 3. The van der Waals surface area contributed by atoms with Gasteiger partial charge in [-0.25, -0.2) is 19.2 Å². The number of nitrogens with zero attached hydrogens (tertiary/aromatic N) is 5. The van der Waals surface area contributed by atoms with Crippen molar-refractivity contribution < 1.29 is 19.0 Å². The number of nitrogens with two attached hydrogens (primary N) is 2. The van der Waals surface area contributed by atoms with Crippen LogP contribution in [0.25, 0.3) is 11.1 Å². The lowest BCUT2D eigenvalue weighted by molar-refractivity contribution is 0.0568. The Morgan fingerprint density at radius 3 is 2.48 bits per heavy atom. The lowest BCUT2D eigenvalue weighted by Gasteiger charge is -2.35. The van der Waals surface area contributed by atoms with E-state index in [1.807, 2.05) is 13.8 Å². The van der Waals surface area contributed by atoms with Crippen LogP contribution < -0.4 is 16.4 Å². The minimum atomic E-state index is -0.993. The number of hydrogen-bond acceptors (Lipinski definition) is 7. The molecule has 0 saturated carbocycles. The minimum absolute atomic E-state index is 0.179.